The van der Waals surface area contributed by atoms with Crippen LogP contribution in [-0.4, -0.2) is 0 Å². The molecule has 0 unspecified atom stereocenters. The molecule has 0 amide bonds. The molecule has 0 saturated heterocycles. The lowest BCUT2D eigenvalue weighted by atomic mass is 9.95. The molecule has 0 heteroatoms. The van der Waals surface area contributed by atoms with Crippen LogP contribution in [0.3, 0.4) is 0 Å². The third-order valence-electron chi connectivity index (χ3n) is 3.44. The van der Waals surface area contributed by atoms with Gasteiger partial charge in [-0.25, -0.2) is 0 Å². The molecule has 0 radical (unpaired) electrons. The van der Waals surface area contributed by atoms with Crippen LogP contribution in [0, 0.1) is 6.92 Å². The fourth-order valence-electron chi connectivity index (χ4n) is 2.68. The Bertz CT molecular complexity index is 720. The molecule has 0 aliphatic heterocycles. The maximum Gasteiger partial charge on any atom is -0.00303 e. The highest BCUT2D eigenvalue weighted by molar-refractivity contribution is 6.11. The first kappa shape index (κ1) is 10.3. The smallest absolute Gasteiger partial charge is 0.00303 e. The summed E-state index contributed by atoms with van der Waals surface area (Å²) in [6, 6.07) is 15.5. The van der Waals surface area contributed by atoms with Crippen LogP contribution in [0.1, 0.15) is 18.9 Å². The number of hydrogen-bond donors (Lipinski definition) is 0. The van der Waals surface area contributed by atoms with Gasteiger partial charge in [-0.15, -0.1) is 0 Å². The lowest BCUT2D eigenvalue weighted by molar-refractivity contribution is 1.29. The Kier molecular flexibility index (Phi) is 2.36. The third-order valence-corrected chi connectivity index (χ3v) is 3.44. The van der Waals surface area contributed by atoms with Crippen molar-refractivity contribution in [3.63, 3.8) is 0 Å². The summed E-state index contributed by atoms with van der Waals surface area (Å²) in [5.74, 6) is 0. The Hall–Kier alpha value is -1.82. The van der Waals surface area contributed by atoms with Crippen LogP contribution in [0.25, 0.3) is 27.6 Å². The fraction of sp³-hybridized carbons (Fsp3) is 0.176. The highest BCUT2D eigenvalue weighted by atomic mass is 14.1. The lowest BCUT2D eigenvalue weighted by Gasteiger charge is -2.08. The average Bonchev–Trinajstić information content (AvgIpc) is 2.35. The normalized spacial score (nSPS) is 12.7. The molecule has 0 aliphatic carbocycles. The molecule has 0 bridgehead atoms. The molecule has 0 aromatic heterocycles. The molecule has 0 atom stereocenters. The molecule has 0 spiro atoms. The first-order chi connectivity index (χ1) is 8.31. The van der Waals surface area contributed by atoms with Gasteiger partial charge < -0.3 is 0 Å². The van der Waals surface area contributed by atoms with Crippen LogP contribution in [0.15, 0.2) is 42.5 Å². The Morgan fingerprint density at radius 2 is 1.59 bits per heavy atom. The second kappa shape index (κ2) is 3.89. The average molecular weight is 220 g/mol. The first-order valence-electron chi connectivity index (χ1n) is 6.22. The van der Waals surface area contributed by atoms with Crippen LogP contribution < -0.4 is 5.22 Å². The quantitative estimate of drug-likeness (QED) is 0.576. The molecular weight excluding hydrogens is 204 g/mol. The highest BCUT2D eigenvalue weighted by Crippen LogP contribution is 2.26. The third kappa shape index (κ3) is 1.52. The van der Waals surface area contributed by atoms with Gasteiger partial charge in [-0.1, -0.05) is 55.5 Å². The van der Waals surface area contributed by atoms with Gasteiger partial charge in [0.15, 0.2) is 0 Å². The lowest BCUT2D eigenvalue weighted by Crippen LogP contribution is -2.03. The van der Waals surface area contributed by atoms with E-state index < -0.39 is 0 Å². The SMILES string of the molecule is CC/C=c1/ccc2cccc3ccc(C)c1c32. The monoisotopic (exact) mass is 220 g/mol. The van der Waals surface area contributed by atoms with Crippen molar-refractivity contribution in [3.05, 3.63) is 53.2 Å². The zero-order valence-electron chi connectivity index (χ0n) is 10.3. The summed E-state index contributed by atoms with van der Waals surface area (Å²) in [7, 11) is 0. The van der Waals surface area contributed by atoms with E-state index in [0.29, 0.717) is 0 Å². The maximum atomic E-state index is 2.31. The van der Waals surface area contributed by atoms with Gasteiger partial charge in [-0.3, -0.25) is 0 Å². The minimum absolute atomic E-state index is 1.08. The Balaban J connectivity index is 2.65. The van der Waals surface area contributed by atoms with Crippen molar-refractivity contribution in [2.45, 2.75) is 20.3 Å². The number of benzene rings is 3. The zero-order valence-corrected chi connectivity index (χ0v) is 10.3. The van der Waals surface area contributed by atoms with Gasteiger partial charge >= 0.3 is 0 Å². The Morgan fingerprint density at radius 3 is 2.29 bits per heavy atom. The predicted octanol–water partition coefficient (Wildman–Crippen LogP) is 4.21. The zero-order chi connectivity index (χ0) is 11.8. The molecule has 0 saturated carbocycles. The standard InChI is InChI=1S/C17H16/c1-3-5-13-10-11-15-7-4-6-14-9-8-12(2)16(13)17(14)15/h4-11H,3H2,1-2H3/b13-5-. The van der Waals surface area contributed by atoms with Crippen LogP contribution in [0.4, 0.5) is 0 Å². The minimum atomic E-state index is 1.08. The van der Waals surface area contributed by atoms with E-state index in [0.717, 1.165) is 6.42 Å². The summed E-state index contributed by atoms with van der Waals surface area (Å²) < 4.78 is 0. The topological polar surface area (TPSA) is 0 Å². The number of hydrogen-bond acceptors (Lipinski definition) is 0. The summed E-state index contributed by atoms with van der Waals surface area (Å²) in [5, 5.41) is 6.88. The number of rotatable bonds is 1. The second-order valence-corrected chi connectivity index (χ2v) is 4.60. The van der Waals surface area contributed by atoms with Gasteiger partial charge in [0.25, 0.3) is 0 Å². The van der Waals surface area contributed by atoms with Gasteiger partial charge in [0.05, 0.1) is 0 Å². The molecule has 84 valence electrons. The van der Waals surface area contributed by atoms with Gasteiger partial charge in [-0.2, -0.15) is 0 Å². The molecular formula is C17H16. The van der Waals surface area contributed by atoms with Crippen LogP contribution >= 0.6 is 0 Å². The van der Waals surface area contributed by atoms with E-state index in [2.05, 4.69) is 62.4 Å². The molecule has 0 N–H and O–H groups in total. The summed E-state index contributed by atoms with van der Waals surface area (Å²) in [4.78, 5) is 0. The van der Waals surface area contributed by atoms with E-state index in [1.165, 1.54) is 32.3 Å². The summed E-state index contributed by atoms with van der Waals surface area (Å²) in [6.45, 7) is 4.39. The molecule has 0 aliphatic rings. The summed E-state index contributed by atoms with van der Waals surface area (Å²) in [5.41, 5.74) is 1.37. The Morgan fingerprint density at radius 1 is 0.882 bits per heavy atom. The van der Waals surface area contributed by atoms with E-state index in [9.17, 15) is 0 Å². The fourth-order valence-corrected chi connectivity index (χ4v) is 2.68. The highest BCUT2D eigenvalue weighted by Gasteiger charge is 2.04. The first-order valence-corrected chi connectivity index (χ1v) is 6.22. The molecule has 3 rings (SSSR count). The van der Waals surface area contributed by atoms with Crippen molar-refractivity contribution in [3.8, 4) is 0 Å². The van der Waals surface area contributed by atoms with Crippen molar-refractivity contribution in [2.75, 3.05) is 0 Å². The summed E-state index contributed by atoms with van der Waals surface area (Å²) in [6.07, 6.45) is 3.39. The van der Waals surface area contributed by atoms with Gasteiger partial charge in [0, 0.05) is 0 Å². The van der Waals surface area contributed by atoms with Crippen LogP contribution in [0.2, 0.25) is 0 Å². The Labute approximate surface area is 102 Å². The van der Waals surface area contributed by atoms with E-state index in [-0.39, 0.29) is 0 Å². The molecule has 0 nitrogen and oxygen atoms in total. The van der Waals surface area contributed by atoms with Crippen molar-refractivity contribution in [2.24, 2.45) is 0 Å². The van der Waals surface area contributed by atoms with Crippen molar-refractivity contribution in [1.82, 2.24) is 0 Å². The van der Waals surface area contributed by atoms with E-state index >= 15 is 0 Å². The largest absolute Gasteiger partial charge is 0.0769 e. The van der Waals surface area contributed by atoms with E-state index in [1.54, 1.807) is 0 Å². The van der Waals surface area contributed by atoms with Crippen LogP contribution in [0.5, 0.6) is 0 Å². The van der Waals surface area contributed by atoms with E-state index in [1.807, 2.05) is 0 Å². The van der Waals surface area contributed by atoms with Crippen molar-refractivity contribution >= 4 is 27.6 Å². The molecule has 0 heterocycles. The maximum absolute atomic E-state index is 2.31. The second-order valence-electron chi connectivity index (χ2n) is 4.60. The summed E-state index contributed by atoms with van der Waals surface area (Å²) >= 11 is 0. The van der Waals surface area contributed by atoms with E-state index in [4.69, 9.17) is 0 Å². The predicted molar refractivity (Wildman–Crippen MR) is 76.2 cm³/mol. The van der Waals surface area contributed by atoms with Gasteiger partial charge in [0.2, 0.25) is 0 Å². The van der Waals surface area contributed by atoms with Gasteiger partial charge in [-0.05, 0) is 45.7 Å². The minimum Gasteiger partial charge on any atom is -0.0769 e. The van der Waals surface area contributed by atoms with Crippen molar-refractivity contribution < 1.29 is 0 Å². The molecule has 3 aromatic carbocycles. The molecule has 17 heavy (non-hydrogen) atoms. The molecule has 3 aromatic rings. The number of aryl methyl sites for hydroxylation is 1. The molecule has 0 fully saturated rings. The van der Waals surface area contributed by atoms with Crippen LogP contribution in [-0.2, 0) is 0 Å². The van der Waals surface area contributed by atoms with Crippen molar-refractivity contribution in [1.29, 1.82) is 0 Å². The van der Waals surface area contributed by atoms with Gasteiger partial charge in [0.1, 0.15) is 0 Å².